The van der Waals surface area contributed by atoms with Gasteiger partial charge < -0.3 is 14.2 Å². The Morgan fingerprint density at radius 1 is 0.848 bits per heavy atom. The summed E-state index contributed by atoms with van der Waals surface area (Å²) in [5, 5.41) is 11.0. The van der Waals surface area contributed by atoms with Crippen molar-refractivity contribution < 1.29 is 9.90 Å². The van der Waals surface area contributed by atoms with E-state index in [2.05, 4.69) is 9.97 Å². The predicted octanol–water partition coefficient (Wildman–Crippen LogP) is 4.84. The van der Waals surface area contributed by atoms with E-state index >= 15 is 0 Å². The molecule has 0 aliphatic heterocycles. The second-order valence-electron chi connectivity index (χ2n) is 6.55. The number of nitrogens with zero attached hydrogens (tertiary/aromatic N) is 4. The normalized spacial score (nSPS) is 9.91. The largest absolute Gasteiger partial charge is 0.477 e. The summed E-state index contributed by atoms with van der Waals surface area (Å²) in [6.45, 7) is 5.79. The van der Waals surface area contributed by atoms with Crippen molar-refractivity contribution >= 4 is 51.0 Å². The monoisotopic (exact) mass is 492 g/mol. The molecule has 0 amide bonds. The van der Waals surface area contributed by atoms with Gasteiger partial charge in [-0.2, -0.15) is 0 Å². The number of aromatic nitrogens is 4. The molecule has 4 aromatic heterocycles. The smallest absolute Gasteiger partial charge is 0.341 e. The molecule has 0 radical (unpaired) electrons. The average molecular weight is 493 g/mol. The van der Waals surface area contributed by atoms with E-state index < -0.39 is 11.5 Å². The van der Waals surface area contributed by atoms with Crippen LogP contribution in [0.5, 0.6) is 0 Å². The number of carboxylic acid groups (broad SMARTS) is 1. The van der Waals surface area contributed by atoms with Crippen LogP contribution >= 0.6 is 23.2 Å². The summed E-state index contributed by atoms with van der Waals surface area (Å²) < 4.78 is 2.82. The number of hydrogen-bond acceptors (Lipinski definition) is 5. The fourth-order valence-electron chi connectivity index (χ4n) is 2.99. The van der Waals surface area contributed by atoms with Crippen LogP contribution in [-0.2, 0) is 14.1 Å². The lowest BCUT2D eigenvalue weighted by atomic mass is 10.2. The Bertz CT molecular complexity index is 1430. The maximum atomic E-state index is 11.7. The average Bonchev–Trinajstić information content (AvgIpc) is 2.77. The molecule has 176 valence electrons. The van der Waals surface area contributed by atoms with Crippen molar-refractivity contribution in [2.24, 2.45) is 14.1 Å². The molecule has 0 saturated heterocycles. The van der Waals surface area contributed by atoms with E-state index in [-0.39, 0.29) is 23.7 Å². The first-order valence-corrected chi connectivity index (χ1v) is 10.4. The van der Waals surface area contributed by atoms with Crippen molar-refractivity contribution in [2.75, 3.05) is 0 Å². The lowest BCUT2D eigenvalue weighted by Crippen LogP contribution is -2.24. The van der Waals surface area contributed by atoms with Gasteiger partial charge >= 0.3 is 5.97 Å². The van der Waals surface area contributed by atoms with Crippen LogP contribution in [0.3, 0.4) is 0 Å². The minimum atomic E-state index is -1.25. The summed E-state index contributed by atoms with van der Waals surface area (Å²) in [4.78, 5) is 41.9. The van der Waals surface area contributed by atoms with Crippen LogP contribution in [0.2, 0.25) is 10.3 Å². The van der Waals surface area contributed by atoms with Crippen LogP contribution in [0.1, 0.15) is 37.2 Å². The number of halogens is 2. The van der Waals surface area contributed by atoms with Gasteiger partial charge in [-0.25, -0.2) is 14.8 Å². The highest BCUT2D eigenvalue weighted by Crippen LogP contribution is 2.16. The van der Waals surface area contributed by atoms with Crippen LogP contribution in [0, 0.1) is 6.92 Å². The molecule has 10 heteroatoms. The van der Waals surface area contributed by atoms with Crippen molar-refractivity contribution in [3.05, 3.63) is 78.8 Å². The Labute approximate surface area is 201 Å². The van der Waals surface area contributed by atoms with Gasteiger partial charge in [-0.3, -0.25) is 9.59 Å². The highest BCUT2D eigenvalue weighted by molar-refractivity contribution is 6.30. The second kappa shape index (κ2) is 11.6. The third kappa shape index (κ3) is 5.97. The number of aromatic carboxylic acids is 1. The molecule has 0 aliphatic carbocycles. The van der Waals surface area contributed by atoms with Crippen molar-refractivity contribution in [3.63, 3.8) is 0 Å². The Balaban J connectivity index is 0.000000301. The lowest BCUT2D eigenvalue weighted by Gasteiger charge is -2.06. The first kappa shape index (κ1) is 27.8. The Morgan fingerprint density at radius 2 is 1.27 bits per heavy atom. The molecular formula is C23H26Cl2N4O4. The van der Waals surface area contributed by atoms with Crippen molar-refractivity contribution in [3.8, 4) is 0 Å². The van der Waals surface area contributed by atoms with Crippen molar-refractivity contribution in [1.82, 2.24) is 19.1 Å². The molecular weight excluding hydrogens is 467 g/mol. The van der Waals surface area contributed by atoms with Gasteiger partial charge in [0, 0.05) is 42.8 Å². The van der Waals surface area contributed by atoms with E-state index in [1.807, 2.05) is 19.9 Å². The van der Waals surface area contributed by atoms with Gasteiger partial charge in [0.25, 0.3) is 11.1 Å². The topological polar surface area (TPSA) is 107 Å². The molecule has 0 bridgehead atoms. The maximum absolute atomic E-state index is 11.7. The Kier molecular flexibility index (Phi) is 9.76. The highest BCUT2D eigenvalue weighted by atomic mass is 35.5. The lowest BCUT2D eigenvalue weighted by molar-refractivity contribution is 0.0694. The Morgan fingerprint density at radius 3 is 1.73 bits per heavy atom. The van der Waals surface area contributed by atoms with E-state index in [1.165, 1.54) is 29.9 Å². The fraction of sp³-hybridized carbons (Fsp3) is 0.261. The first-order chi connectivity index (χ1) is 15.1. The van der Waals surface area contributed by atoms with Crippen LogP contribution in [0.4, 0.5) is 0 Å². The van der Waals surface area contributed by atoms with Crippen LogP contribution in [-0.4, -0.2) is 30.2 Å². The fourth-order valence-corrected chi connectivity index (χ4v) is 3.30. The number of aryl methyl sites for hydroxylation is 3. The highest BCUT2D eigenvalue weighted by Gasteiger charge is 2.13. The van der Waals surface area contributed by atoms with Gasteiger partial charge in [-0.1, -0.05) is 44.5 Å². The minimum Gasteiger partial charge on any atom is -0.477 e. The van der Waals surface area contributed by atoms with E-state index in [9.17, 15) is 14.4 Å². The zero-order valence-corrected chi connectivity index (χ0v) is 19.7. The molecule has 0 saturated carbocycles. The van der Waals surface area contributed by atoms with E-state index in [0.717, 1.165) is 10.9 Å². The Hall–Kier alpha value is -3.23. The summed E-state index contributed by atoms with van der Waals surface area (Å²) in [5.74, 6) is -1.25. The van der Waals surface area contributed by atoms with Crippen molar-refractivity contribution in [2.45, 2.75) is 28.2 Å². The van der Waals surface area contributed by atoms with Gasteiger partial charge in [-0.05, 0) is 31.2 Å². The summed E-state index contributed by atoms with van der Waals surface area (Å²) in [6.07, 6.45) is 3.10. The molecule has 33 heavy (non-hydrogen) atoms. The molecule has 0 atom stereocenters. The molecule has 4 aromatic rings. The molecule has 4 heterocycles. The van der Waals surface area contributed by atoms with Gasteiger partial charge in [0.15, 0.2) is 0 Å². The van der Waals surface area contributed by atoms with Gasteiger partial charge in [-0.15, -0.1) is 0 Å². The summed E-state index contributed by atoms with van der Waals surface area (Å²) in [7, 11) is 3.22. The number of carboxylic acids is 1. The summed E-state index contributed by atoms with van der Waals surface area (Å²) in [5.41, 5.74) is 1.22. The number of hydrogen-bond donors (Lipinski definition) is 1. The van der Waals surface area contributed by atoms with E-state index in [0.29, 0.717) is 21.6 Å². The first-order valence-electron chi connectivity index (χ1n) is 9.60. The number of fused-ring (bicyclic) bond motifs is 2. The maximum Gasteiger partial charge on any atom is 0.341 e. The zero-order chi connectivity index (χ0) is 24.2. The van der Waals surface area contributed by atoms with Gasteiger partial charge in [0.2, 0.25) is 0 Å². The zero-order valence-electron chi connectivity index (χ0n) is 18.2. The van der Waals surface area contributed by atoms with Crippen LogP contribution in [0.15, 0.2) is 46.2 Å². The van der Waals surface area contributed by atoms with Gasteiger partial charge in [0.05, 0.1) is 11.0 Å². The molecule has 0 spiro atoms. The third-order valence-electron chi connectivity index (χ3n) is 4.56. The van der Waals surface area contributed by atoms with E-state index in [1.54, 1.807) is 30.8 Å². The molecule has 4 rings (SSSR count). The minimum absolute atomic E-state index is 0. The quantitative estimate of drug-likeness (QED) is 0.380. The van der Waals surface area contributed by atoms with Crippen molar-refractivity contribution in [1.29, 1.82) is 0 Å². The third-order valence-corrected chi connectivity index (χ3v) is 4.97. The second-order valence-corrected chi connectivity index (χ2v) is 7.33. The molecule has 0 aliphatic rings. The summed E-state index contributed by atoms with van der Waals surface area (Å²) in [6, 6.07) is 6.33. The molecule has 1 N–H and O–H groups in total. The number of carbonyl (C=O) groups is 1. The van der Waals surface area contributed by atoms with Crippen LogP contribution < -0.4 is 11.1 Å². The van der Waals surface area contributed by atoms with Crippen LogP contribution in [0.25, 0.3) is 21.8 Å². The van der Waals surface area contributed by atoms with E-state index in [4.69, 9.17) is 28.3 Å². The SMILES string of the molecule is C.CC.Cc1cc2cnc(Cl)cc2n(C)c1=O.Cn1c(=O)c(C(=O)O)cc2cnc(Cl)cc21. The molecule has 0 unspecified atom stereocenters. The summed E-state index contributed by atoms with van der Waals surface area (Å²) >= 11 is 11.5. The molecule has 8 nitrogen and oxygen atoms in total. The van der Waals surface area contributed by atoms with Gasteiger partial charge in [0.1, 0.15) is 15.9 Å². The standard InChI is InChI=1S/C10H7ClN2O3.C10H9ClN2O.C2H6.CH4/c1-13-7-3-8(11)12-4-5(7)2-6(9(13)14)10(15)16;1-6-3-7-5-12-9(11)4-8(7)13(2)10(6)14;1-2;/h2-4H,1H3,(H,15,16);3-5H,1-2H3;1-2H3;1H4. The number of pyridine rings is 4. The number of rotatable bonds is 1. The molecule has 0 fully saturated rings. The molecule has 0 aromatic carbocycles. The predicted molar refractivity (Wildman–Crippen MR) is 134 cm³/mol.